The number of ether oxygens (including phenoxy) is 2. The van der Waals surface area contributed by atoms with Crippen molar-refractivity contribution >= 4 is 41.1 Å². The van der Waals surface area contributed by atoms with Gasteiger partial charge < -0.3 is 9.47 Å². The van der Waals surface area contributed by atoms with Gasteiger partial charge in [0.15, 0.2) is 22.6 Å². The number of ketones is 1. The number of aromatic nitrogens is 3. The van der Waals surface area contributed by atoms with E-state index >= 15 is 0 Å². The summed E-state index contributed by atoms with van der Waals surface area (Å²) in [6, 6.07) is 7.20. The average molecular weight is 450 g/mol. The summed E-state index contributed by atoms with van der Waals surface area (Å²) in [6.45, 7) is 5.01. The number of halogens is 1. The molecule has 2 aliphatic heterocycles. The van der Waals surface area contributed by atoms with Gasteiger partial charge in [-0.15, -0.1) is 5.10 Å². The van der Waals surface area contributed by atoms with Crippen LogP contribution in [0.1, 0.15) is 33.6 Å². The van der Waals surface area contributed by atoms with E-state index in [4.69, 9.17) is 21.1 Å². The molecule has 1 aromatic carbocycles. The van der Waals surface area contributed by atoms with Gasteiger partial charge in [0.05, 0.1) is 10.8 Å². The Morgan fingerprint density at radius 2 is 1.87 bits per heavy atom. The van der Waals surface area contributed by atoms with Gasteiger partial charge in [-0.1, -0.05) is 35.5 Å². The number of carbonyl (C=O) groups excluding carboxylic acids is 3. The lowest BCUT2D eigenvalue weighted by Gasteiger charge is -2.21. The van der Waals surface area contributed by atoms with Crippen LogP contribution in [-0.2, 0) is 23.9 Å². The number of hydrogen-bond acceptors (Lipinski definition) is 8. The van der Waals surface area contributed by atoms with Crippen LogP contribution in [0.4, 0.5) is 0 Å². The monoisotopic (exact) mass is 449 g/mol. The molecule has 30 heavy (non-hydrogen) atoms. The van der Waals surface area contributed by atoms with Crippen molar-refractivity contribution in [2.24, 2.45) is 5.41 Å². The van der Waals surface area contributed by atoms with Crippen LogP contribution in [0.2, 0.25) is 5.02 Å². The molecule has 10 heteroatoms. The van der Waals surface area contributed by atoms with Crippen molar-refractivity contribution in [2.75, 3.05) is 5.75 Å². The number of aromatic amines is 1. The third kappa shape index (κ3) is 3.50. The topological polar surface area (TPSA) is 111 Å². The van der Waals surface area contributed by atoms with Crippen LogP contribution < -0.4 is 0 Å². The Labute approximate surface area is 182 Å². The number of thioether (sulfide) groups is 1. The molecule has 2 saturated heterocycles. The highest BCUT2D eigenvalue weighted by Crippen LogP contribution is 2.52. The zero-order valence-electron chi connectivity index (χ0n) is 16.7. The maximum absolute atomic E-state index is 12.9. The van der Waals surface area contributed by atoms with Gasteiger partial charge in [-0.05, 0) is 32.9 Å². The Morgan fingerprint density at radius 3 is 2.53 bits per heavy atom. The fourth-order valence-electron chi connectivity index (χ4n) is 3.98. The van der Waals surface area contributed by atoms with Crippen LogP contribution in [0.25, 0.3) is 11.4 Å². The molecule has 158 valence electrons. The molecule has 2 atom stereocenters. The second-order valence-corrected chi connectivity index (χ2v) is 9.71. The lowest BCUT2D eigenvalue weighted by molar-refractivity contribution is -0.162. The number of rotatable bonds is 5. The van der Waals surface area contributed by atoms with E-state index in [-0.39, 0.29) is 24.4 Å². The van der Waals surface area contributed by atoms with Crippen molar-refractivity contribution < 1.29 is 23.9 Å². The van der Waals surface area contributed by atoms with E-state index in [0.29, 0.717) is 21.6 Å². The number of nitrogens with one attached hydrogen (secondary N) is 1. The fourth-order valence-corrected chi connectivity index (χ4v) is 5.04. The Morgan fingerprint density at radius 1 is 1.17 bits per heavy atom. The Kier molecular flexibility index (Phi) is 4.93. The predicted octanol–water partition coefficient (Wildman–Crippen LogP) is 3.20. The molecule has 0 amide bonds. The maximum Gasteiger partial charge on any atom is 0.324 e. The maximum atomic E-state index is 12.9. The van der Waals surface area contributed by atoms with Crippen LogP contribution in [-0.4, -0.2) is 49.9 Å². The second kappa shape index (κ2) is 7.09. The van der Waals surface area contributed by atoms with Crippen molar-refractivity contribution in [3.63, 3.8) is 0 Å². The first-order valence-electron chi connectivity index (χ1n) is 9.35. The Bertz CT molecular complexity index is 1050. The number of hydrogen-bond donors (Lipinski definition) is 1. The van der Waals surface area contributed by atoms with Crippen molar-refractivity contribution in [1.82, 2.24) is 15.2 Å². The second-order valence-electron chi connectivity index (χ2n) is 8.36. The molecule has 8 nitrogen and oxygen atoms in total. The highest BCUT2D eigenvalue weighted by molar-refractivity contribution is 7.99. The summed E-state index contributed by atoms with van der Waals surface area (Å²) in [4.78, 5) is 42.2. The highest BCUT2D eigenvalue weighted by Gasteiger charge is 2.67. The van der Waals surface area contributed by atoms with E-state index in [0.717, 1.165) is 11.8 Å². The van der Waals surface area contributed by atoms with E-state index in [2.05, 4.69) is 15.2 Å². The number of benzene rings is 1. The molecular weight excluding hydrogens is 430 g/mol. The normalized spacial score (nSPS) is 27.3. The number of esters is 2. The number of carbonyl (C=O) groups is 3. The third-order valence-corrected chi connectivity index (χ3v) is 6.53. The summed E-state index contributed by atoms with van der Waals surface area (Å²) in [5, 5.41) is 7.80. The van der Waals surface area contributed by atoms with Gasteiger partial charge in [-0.3, -0.25) is 19.5 Å². The van der Waals surface area contributed by atoms with E-state index in [1.807, 2.05) is 18.2 Å². The van der Waals surface area contributed by atoms with Crippen molar-refractivity contribution in [1.29, 1.82) is 0 Å². The van der Waals surface area contributed by atoms with E-state index < -0.39 is 28.6 Å². The minimum Gasteiger partial charge on any atom is -0.459 e. The molecule has 1 spiro atoms. The Hall–Kier alpha value is -2.39. The predicted molar refractivity (Wildman–Crippen MR) is 109 cm³/mol. The van der Waals surface area contributed by atoms with Crippen molar-refractivity contribution in [3.05, 3.63) is 29.3 Å². The molecule has 2 unspecified atom stereocenters. The average Bonchev–Trinajstić information content (AvgIpc) is 3.29. The van der Waals surface area contributed by atoms with Gasteiger partial charge in [0.1, 0.15) is 5.60 Å². The number of nitrogens with zero attached hydrogens (tertiary/aromatic N) is 2. The number of Topliss-reactive ketones (excluding diaryl/α,β-unsaturated/α-hetero) is 1. The highest BCUT2D eigenvalue weighted by atomic mass is 35.5. The zero-order valence-corrected chi connectivity index (χ0v) is 18.2. The summed E-state index contributed by atoms with van der Waals surface area (Å²) in [5.74, 6) is -1.17. The smallest absolute Gasteiger partial charge is 0.324 e. The van der Waals surface area contributed by atoms with E-state index in [1.165, 1.54) is 6.92 Å². The molecule has 1 aromatic heterocycles. The molecule has 3 heterocycles. The molecule has 0 aliphatic carbocycles. The van der Waals surface area contributed by atoms with Crippen LogP contribution in [0.15, 0.2) is 29.4 Å². The number of H-pyrrole nitrogens is 1. The first-order valence-corrected chi connectivity index (χ1v) is 10.7. The minimum absolute atomic E-state index is 0.0158. The van der Waals surface area contributed by atoms with Gasteiger partial charge in [0.2, 0.25) is 5.16 Å². The van der Waals surface area contributed by atoms with E-state index in [1.54, 1.807) is 19.9 Å². The van der Waals surface area contributed by atoms with Crippen LogP contribution in [0, 0.1) is 5.41 Å². The molecule has 0 bridgehead atoms. The standard InChI is InChI=1S/C20H20ClN3O5S/c1-18(2)9-20(15(26)28-18)10-19(3,29-16(20)27)13(25)8-30-17-22-14(23-24-17)11-6-4-5-7-12(11)21/h4-7H,8-10H2,1-3H3,(H,22,23,24). The molecule has 0 radical (unpaired) electrons. The lowest BCUT2D eigenvalue weighted by atomic mass is 9.75. The van der Waals surface area contributed by atoms with Gasteiger partial charge in [-0.25, -0.2) is 4.98 Å². The molecule has 1 N–H and O–H groups in total. The van der Waals surface area contributed by atoms with Crippen molar-refractivity contribution in [3.8, 4) is 11.4 Å². The lowest BCUT2D eigenvalue weighted by Crippen LogP contribution is -2.38. The summed E-state index contributed by atoms with van der Waals surface area (Å²) in [6.07, 6.45) is 0.162. The first-order chi connectivity index (χ1) is 14.0. The largest absolute Gasteiger partial charge is 0.459 e. The minimum atomic E-state index is -1.42. The van der Waals surface area contributed by atoms with Gasteiger partial charge in [0.25, 0.3) is 0 Å². The first kappa shape index (κ1) is 20.9. The molecule has 2 fully saturated rings. The zero-order chi connectivity index (χ0) is 21.7. The SMILES string of the molecule is CC1(C)CC2(CC(C)(C(=O)CSc3n[nH]c(-c4ccccc4Cl)n3)OC2=O)C(=O)O1. The quantitative estimate of drug-likeness (QED) is 0.420. The summed E-state index contributed by atoms with van der Waals surface area (Å²) < 4.78 is 10.7. The van der Waals surface area contributed by atoms with Gasteiger partial charge in [-0.2, -0.15) is 0 Å². The third-order valence-electron chi connectivity index (χ3n) is 5.35. The van der Waals surface area contributed by atoms with Gasteiger partial charge >= 0.3 is 11.9 Å². The van der Waals surface area contributed by atoms with Crippen LogP contribution in [0.3, 0.4) is 0 Å². The fraction of sp³-hybridized carbons (Fsp3) is 0.450. The molecule has 4 rings (SSSR count). The summed E-state index contributed by atoms with van der Waals surface area (Å²) in [5.41, 5.74) is -2.88. The van der Waals surface area contributed by atoms with E-state index in [9.17, 15) is 14.4 Å². The molecule has 2 aromatic rings. The van der Waals surface area contributed by atoms with Gasteiger partial charge in [0, 0.05) is 18.4 Å². The van der Waals surface area contributed by atoms with Crippen LogP contribution in [0.5, 0.6) is 0 Å². The van der Waals surface area contributed by atoms with Crippen LogP contribution >= 0.6 is 23.4 Å². The molecular formula is C20H20ClN3O5S. The molecule has 2 aliphatic rings. The summed E-state index contributed by atoms with van der Waals surface area (Å²) >= 11 is 7.28. The summed E-state index contributed by atoms with van der Waals surface area (Å²) in [7, 11) is 0. The number of cyclic esters (lactones) is 2. The Balaban J connectivity index is 1.45. The molecule has 0 saturated carbocycles. The van der Waals surface area contributed by atoms with Crippen molar-refractivity contribution in [2.45, 2.75) is 50.0 Å².